The molecule has 1 heterocycles. The summed E-state index contributed by atoms with van der Waals surface area (Å²) in [6, 6.07) is 6.87. The van der Waals surface area contributed by atoms with E-state index in [1.807, 2.05) is 6.92 Å². The van der Waals surface area contributed by atoms with Crippen LogP contribution in [0.3, 0.4) is 0 Å². The van der Waals surface area contributed by atoms with Crippen LogP contribution in [0.1, 0.15) is 30.0 Å². The maximum absolute atomic E-state index is 6.06. The zero-order chi connectivity index (χ0) is 9.26. The van der Waals surface area contributed by atoms with Gasteiger partial charge in [-0.2, -0.15) is 0 Å². The second-order valence-electron chi connectivity index (χ2n) is 3.66. The molecule has 13 heavy (non-hydrogen) atoms. The van der Waals surface area contributed by atoms with Gasteiger partial charge in [0.15, 0.2) is 0 Å². The molecule has 0 radical (unpaired) electrons. The van der Waals surface area contributed by atoms with E-state index >= 15 is 0 Å². The number of aryl methyl sites for hydroxylation is 1. The summed E-state index contributed by atoms with van der Waals surface area (Å²) < 4.78 is 0. The van der Waals surface area contributed by atoms with E-state index in [4.69, 9.17) is 11.6 Å². The van der Waals surface area contributed by atoms with Gasteiger partial charge in [0, 0.05) is 11.1 Å². The molecule has 1 aliphatic rings. The van der Waals surface area contributed by atoms with E-state index in [1.54, 1.807) is 0 Å². The third-order valence-corrected chi connectivity index (χ3v) is 3.07. The third kappa shape index (κ3) is 1.87. The molecule has 2 heteroatoms. The first-order valence-electron chi connectivity index (χ1n) is 4.77. The Balaban J connectivity index is 2.25. The molecule has 1 atom stereocenters. The van der Waals surface area contributed by atoms with E-state index in [2.05, 4.69) is 23.5 Å². The zero-order valence-corrected chi connectivity index (χ0v) is 8.56. The first-order chi connectivity index (χ1) is 6.27. The van der Waals surface area contributed by atoms with E-state index < -0.39 is 0 Å². The predicted octanol–water partition coefficient (Wildman–Crippen LogP) is 3.07. The van der Waals surface area contributed by atoms with Crippen molar-refractivity contribution in [3.8, 4) is 0 Å². The van der Waals surface area contributed by atoms with Crippen molar-refractivity contribution in [1.82, 2.24) is 5.32 Å². The highest BCUT2D eigenvalue weighted by atomic mass is 35.5. The molecule has 1 nitrogen and oxygen atoms in total. The molecule has 1 saturated heterocycles. The summed E-state index contributed by atoms with van der Waals surface area (Å²) in [6.07, 6.45) is 2.51. The topological polar surface area (TPSA) is 12.0 Å². The third-order valence-electron chi connectivity index (χ3n) is 2.66. The van der Waals surface area contributed by atoms with E-state index in [0.717, 1.165) is 17.1 Å². The summed E-state index contributed by atoms with van der Waals surface area (Å²) in [4.78, 5) is 0. The van der Waals surface area contributed by atoms with Crippen molar-refractivity contribution in [2.45, 2.75) is 25.8 Å². The molecule has 2 rings (SSSR count). The highest BCUT2D eigenvalue weighted by Gasteiger charge is 2.16. The van der Waals surface area contributed by atoms with Gasteiger partial charge in [-0.15, -0.1) is 0 Å². The summed E-state index contributed by atoms with van der Waals surface area (Å²) >= 11 is 6.06. The lowest BCUT2D eigenvalue weighted by Gasteiger charge is -2.11. The van der Waals surface area contributed by atoms with Crippen molar-refractivity contribution in [3.63, 3.8) is 0 Å². The Labute approximate surface area is 84.1 Å². The minimum atomic E-state index is 0.526. The maximum Gasteiger partial charge on any atom is 0.0438 e. The molecule has 1 aliphatic heterocycles. The predicted molar refractivity (Wildman–Crippen MR) is 56.2 cm³/mol. The molecule has 1 N–H and O–H groups in total. The number of benzene rings is 1. The fraction of sp³-hybridized carbons (Fsp3) is 0.455. The Morgan fingerprint density at radius 1 is 1.46 bits per heavy atom. The fourth-order valence-electron chi connectivity index (χ4n) is 1.79. The normalized spacial score (nSPS) is 22.2. The van der Waals surface area contributed by atoms with Crippen molar-refractivity contribution < 1.29 is 0 Å². The summed E-state index contributed by atoms with van der Waals surface area (Å²) in [5.74, 6) is 0. The number of rotatable bonds is 1. The number of nitrogens with one attached hydrogen (secondary N) is 1. The Bertz CT molecular complexity index is 303. The molecule has 1 fully saturated rings. The SMILES string of the molecule is Cc1ccc([C@H]2CCCN2)cc1Cl. The molecule has 0 aliphatic carbocycles. The average Bonchev–Trinajstić information content (AvgIpc) is 2.62. The Morgan fingerprint density at radius 2 is 2.31 bits per heavy atom. The van der Waals surface area contributed by atoms with Crippen LogP contribution in [0.15, 0.2) is 18.2 Å². The molecule has 0 amide bonds. The number of hydrogen-bond donors (Lipinski definition) is 1. The molecule has 1 aromatic carbocycles. The van der Waals surface area contributed by atoms with Crippen LogP contribution in [0.25, 0.3) is 0 Å². The molecule has 0 unspecified atom stereocenters. The first kappa shape index (κ1) is 9.04. The lowest BCUT2D eigenvalue weighted by molar-refractivity contribution is 0.647. The highest BCUT2D eigenvalue weighted by molar-refractivity contribution is 6.31. The average molecular weight is 196 g/mol. The van der Waals surface area contributed by atoms with Gasteiger partial charge in [-0.25, -0.2) is 0 Å². The van der Waals surface area contributed by atoms with Gasteiger partial charge in [-0.3, -0.25) is 0 Å². The quantitative estimate of drug-likeness (QED) is 0.727. The van der Waals surface area contributed by atoms with Crippen LogP contribution >= 0.6 is 11.6 Å². The van der Waals surface area contributed by atoms with Crippen molar-refractivity contribution in [2.75, 3.05) is 6.54 Å². The number of hydrogen-bond acceptors (Lipinski definition) is 1. The van der Waals surface area contributed by atoms with Crippen LogP contribution in [0.5, 0.6) is 0 Å². The smallest absolute Gasteiger partial charge is 0.0438 e. The van der Waals surface area contributed by atoms with Gasteiger partial charge in [0.05, 0.1) is 0 Å². The van der Waals surface area contributed by atoms with Crippen LogP contribution in [-0.2, 0) is 0 Å². The Hall–Kier alpha value is -0.530. The monoisotopic (exact) mass is 195 g/mol. The molecule has 0 aromatic heterocycles. The standard InChI is InChI=1S/C11H14ClN/c1-8-4-5-9(7-10(8)12)11-3-2-6-13-11/h4-5,7,11,13H,2-3,6H2,1H3/t11-/m1/s1. The van der Waals surface area contributed by atoms with E-state index in [9.17, 15) is 0 Å². The minimum absolute atomic E-state index is 0.526. The highest BCUT2D eigenvalue weighted by Crippen LogP contribution is 2.26. The van der Waals surface area contributed by atoms with Crippen molar-refractivity contribution in [1.29, 1.82) is 0 Å². The minimum Gasteiger partial charge on any atom is -0.310 e. The van der Waals surface area contributed by atoms with E-state index in [0.29, 0.717) is 6.04 Å². The second-order valence-corrected chi connectivity index (χ2v) is 4.06. The molecular formula is C11H14ClN. The molecule has 1 aromatic rings. The lowest BCUT2D eigenvalue weighted by Crippen LogP contribution is -2.12. The largest absolute Gasteiger partial charge is 0.310 e. The molecule has 0 saturated carbocycles. The van der Waals surface area contributed by atoms with E-state index in [1.165, 1.54) is 18.4 Å². The van der Waals surface area contributed by atoms with Gasteiger partial charge < -0.3 is 5.32 Å². The van der Waals surface area contributed by atoms with Crippen LogP contribution in [0, 0.1) is 6.92 Å². The van der Waals surface area contributed by atoms with Gasteiger partial charge in [-0.1, -0.05) is 23.7 Å². The van der Waals surface area contributed by atoms with Gasteiger partial charge in [0.1, 0.15) is 0 Å². The van der Waals surface area contributed by atoms with E-state index in [-0.39, 0.29) is 0 Å². The first-order valence-corrected chi connectivity index (χ1v) is 5.14. The van der Waals surface area contributed by atoms with Crippen molar-refractivity contribution >= 4 is 11.6 Å². The fourth-order valence-corrected chi connectivity index (χ4v) is 1.98. The maximum atomic E-state index is 6.06. The molecular weight excluding hydrogens is 182 g/mol. The summed E-state index contributed by atoms with van der Waals surface area (Å²) in [6.45, 7) is 3.17. The van der Waals surface area contributed by atoms with Gasteiger partial charge in [0.2, 0.25) is 0 Å². The van der Waals surface area contributed by atoms with Gasteiger partial charge in [0.25, 0.3) is 0 Å². The molecule has 70 valence electrons. The zero-order valence-electron chi connectivity index (χ0n) is 7.81. The number of halogens is 1. The Morgan fingerprint density at radius 3 is 2.92 bits per heavy atom. The second kappa shape index (κ2) is 3.69. The van der Waals surface area contributed by atoms with Crippen LogP contribution in [-0.4, -0.2) is 6.54 Å². The van der Waals surface area contributed by atoms with Crippen LogP contribution < -0.4 is 5.32 Å². The van der Waals surface area contributed by atoms with Gasteiger partial charge >= 0.3 is 0 Å². The van der Waals surface area contributed by atoms with Crippen molar-refractivity contribution in [2.24, 2.45) is 0 Å². The van der Waals surface area contributed by atoms with Gasteiger partial charge in [-0.05, 0) is 43.5 Å². The van der Waals surface area contributed by atoms with Crippen LogP contribution in [0.4, 0.5) is 0 Å². The van der Waals surface area contributed by atoms with Crippen molar-refractivity contribution in [3.05, 3.63) is 34.3 Å². The summed E-state index contributed by atoms with van der Waals surface area (Å²) in [5.41, 5.74) is 2.48. The molecule has 0 bridgehead atoms. The van der Waals surface area contributed by atoms with Crippen LogP contribution in [0.2, 0.25) is 5.02 Å². The Kier molecular flexibility index (Phi) is 2.56. The molecule has 0 spiro atoms. The lowest BCUT2D eigenvalue weighted by atomic mass is 10.0. The summed E-state index contributed by atoms with van der Waals surface area (Å²) in [5, 5.41) is 4.34. The summed E-state index contributed by atoms with van der Waals surface area (Å²) in [7, 11) is 0.